The Balaban J connectivity index is 1.93. The summed E-state index contributed by atoms with van der Waals surface area (Å²) < 4.78 is 92.0. The smallest absolute Gasteiger partial charge is 0.298 e. The van der Waals surface area contributed by atoms with Crippen molar-refractivity contribution in [3.63, 3.8) is 0 Å². The first-order valence-electron chi connectivity index (χ1n) is 7.88. The molecule has 3 rings (SSSR count). The zero-order valence-electron chi connectivity index (χ0n) is 14.2. The van der Waals surface area contributed by atoms with Crippen molar-refractivity contribution >= 4 is 6.29 Å². The molecule has 0 aliphatic rings. The van der Waals surface area contributed by atoms with E-state index in [1.165, 1.54) is 18.5 Å². The predicted octanol–water partition coefficient (Wildman–Crippen LogP) is 5.04. The quantitative estimate of drug-likeness (QED) is 0.442. The molecule has 1 heterocycles. The monoisotopic (exact) mass is 417 g/mol. The van der Waals surface area contributed by atoms with Crippen LogP contribution in [0.25, 0.3) is 17.1 Å². The second-order valence-electron chi connectivity index (χ2n) is 5.95. The zero-order chi connectivity index (χ0) is 21.4. The molecule has 0 radical (unpaired) electrons. The number of alkyl halides is 7. The van der Waals surface area contributed by atoms with Crippen LogP contribution in [0.2, 0.25) is 0 Å². The van der Waals surface area contributed by atoms with Gasteiger partial charge >= 0.3 is 18.0 Å². The van der Waals surface area contributed by atoms with E-state index in [4.69, 9.17) is 0 Å². The van der Waals surface area contributed by atoms with E-state index in [2.05, 4.69) is 10.1 Å². The molecule has 0 bridgehead atoms. The number of aromatic nitrogens is 3. The van der Waals surface area contributed by atoms with Crippen molar-refractivity contribution in [1.29, 1.82) is 0 Å². The highest BCUT2D eigenvalue weighted by molar-refractivity contribution is 5.76. The van der Waals surface area contributed by atoms with Gasteiger partial charge < -0.3 is 0 Å². The Labute approximate surface area is 158 Å². The number of carbonyl (C=O) groups excluding carboxylic acids is 1. The van der Waals surface area contributed by atoms with Crippen molar-refractivity contribution in [2.45, 2.75) is 18.0 Å². The summed E-state index contributed by atoms with van der Waals surface area (Å²) in [6.07, 6.45) is -10.5. The van der Waals surface area contributed by atoms with Crippen LogP contribution in [0, 0.1) is 0 Å². The Morgan fingerprint density at radius 3 is 1.83 bits per heavy atom. The number of halogens is 7. The molecule has 152 valence electrons. The third kappa shape index (κ3) is 3.59. The number of hydrogen-bond acceptors (Lipinski definition) is 3. The van der Waals surface area contributed by atoms with Crippen LogP contribution in [-0.2, 0) is 5.67 Å². The Bertz CT molecular complexity index is 992. The summed E-state index contributed by atoms with van der Waals surface area (Å²) in [5, 5.41) is 4.07. The molecule has 3 aromatic rings. The van der Waals surface area contributed by atoms with Gasteiger partial charge in [0.05, 0.1) is 5.69 Å². The lowest BCUT2D eigenvalue weighted by molar-refractivity contribution is -0.348. The molecule has 2 aromatic carbocycles. The first-order chi connectivity index (χ1) is 13.5. The summed E-state index contributed by atoms with van der Waals surface area (Å²) in [6, 6.07) is 8.71. The second-order valence-corrected chi connectivity index (χ2v) is 5.95. The average Bonchev–Trinajstić information content (AvgIpc) is 3.16. The molecule has 0 spiro atoms. The van der Waals surface area contributed by atoms with Crippen molar-refractivity contribution < 1.29 is 35.5 Å². The van der Waals surface area contributed by atoms with Crippen LogP contribution in [-0.4, -0.2) is 33.4 Å². The van der Waals surface area contributed by atoms with Gasteiger partial charge in [-0.3, -0.25) is 4.79 Å². The van der Waals surface area contributed by atoms with Gasteiger partial charge in [-0.15, -0.1) is 5.10 Å². The standard InChI is InChI=1S/C18H10F7N3O/c19-16(17(20,21)22,18(23,24)25)13-5-7-14(8-6-13)28-10-26-15(27-28)12-3-1-11(9-29)2-4-12/h1-10H. The maximum absolute atomic E-state index is 14.0. The highest BCUT2D eigenvalue weighted by Crippen LogP contribution is 2.53. The number of rotatable bonds is 4. The Kier molecular flexibility index (Phi) is 4.93. The highest BCUT2D eigenvalue weighted by atomic mass is 19.4. The lowest BCUT2D eigenvalue weighted by Crippen LogP contribution is -2.50. The fourth-order valence-electron chi connectivity index (χ4n) is 2.56. The van der Waals surface area contributed by atoms with E-state index in [0.717, 1.165) is 16.8 Å². The van der Waals surface area contributed by atoms with Crippen molar-refractivity contribution in [1.82, 2.24) is 14.8 Å². The van der Waals surface area contributed by atoms with Gasteiger partial charge in [0.25, 0.3) is 0 Å². The summed E-state index contributed by atoms with van der Waals surface area (Å²) in [5.41, 5.74) is -6.06. The van der Waals surface area contributed by atoms with Gasteiger partial charge in [-0.05, 0) is 12.1 Å². The molecular formula is C18H10F7N3O. The molecular weight excluding hydrogens is 407 g/mol. The third-order valence-electron chi connectivity index (χ3n) is 4.11. The van der Waals surface area contributed by atoms with Crippen molar-refractivity contribution in [2.75, 3.05) is 0 Å². The summed E-state index contributed by atoms with van der Waals surface area (Å²) in [6.45, 7) is 0. The number of hydrogen-bond donors (Lipinski definition) is 0. The Hall–Kier alpha value is -3.24. The Morgan fingerprint density at radius 1 is 0.793 bits per heavy atom. The molecule has 11 heteroatoms. The fraction of sp³-hybridized carbons (Fsp3) is 0.167. The molecule has 0 saturated heterocycles. The molecule has 0 amide bonds. The number of carbonyl (C=O) groups is 1. The van der Waals surface area contributed by atoms with Crippen LogP contribution in [0.4, 0.5) is 30.7 Å². The van der Waals surface area contributed by atoms with Crippen LogP contribution in [0.5, 0.6) is 0 Å². The van der Waals surface area contributed by atoms with E-state index in [1.54, 1.807) is 12.1 Å². The average molecular weight is 417 g/mol. The van der Waals surface area contributed by atoms with Crippen molar-refractivity contribution in [2.24, 2.45) is 0 Å². The van der Waals surface area contributed by atoms with E-state index >= 15 is 0 Å². The fourth-order valence-corrected chi connectivity index (χ4v) is 2.56. The molecule has 29 heavy (non-hydrogen) atoms. The SMILES string of the molecule is O=Cc1ccc(-c2ncn(-c3ccc(C(F)(C(F)(F)F)C(F)(F)F)cc3)n2)cc1. The van der Waals surface area contributed by atoms with E-state index in [1.807, 2.05) is 0 Å². The summed E-state index contributed by atoms with van der Waals surface area (Å²) in [5.74, 6) is 0.206. The van der Waals surface area contributed by atoms with Crippen LogP contribution in [0.3, 0.4) is 0 Å². The van der Waals surface area contributed by atoms with E-state index in [9.17, 15) is 35.5 Å². The molecule has 0 fully saturated rings. The molecule has 0 aliphatic heterocycles. The van der Waals surface area contributed by atoms with E-state index < -0.39 is 23.6 Å². The maximum Gasteiger partial charge on any atom is 0.435 e. The molecule has 1 aromatic heterocycles. The van der Waals surface area contributed by atoms with E-state index in [-0.39, 0.29) is 11.5 Å². The third-order valence-corrected chi connectivity index (χ3v) is 4.11. The lowest BCUT2D eigenvalue weighted by Gasteiger charge is -2.30. The van der Waals surface area contributed by atoms with Crippen molar-refractivity contribution in [3.8, 4) is 17.1 Å². The topological polar surface area (TPSA) is 47.8 Å². The molecule has 0 aliphatic carbocycles. The minimum Gasteiger partial charge on any atom is -0.298 e. The van der Waals surface area contributed by atoms with Gasteiger partial charge in [0.2, 0.25) is 0 Å². The first kappa shape index (κ1) is 20.5. The van der Waals surface area contributed by atoms with Gasteiger partial charge in [0.15, 0.2) is 5.82 Å². The summed E-state index contributed by atoms with van der Waals surface area (Å²) in [4.78, 5) is 14.7. The van der Waals surface area contributed by atoms with Crippen LogP contribution >= 0.6 is 0 Å². The molecule has 0 saturated carbocycles. The van der Waals surface area contributed by atoms with Crippen LogP contribution in [0.1, 0.15) is 15.9 Å². The minimum atomic E-state index is -6.18. The van der Waals surface area contributed by atoms with Gasteiger partial charge in [0, 0.05) is 16.7 Å². The summed E-state index contributed by atoms with van der Waals surface area (Å²) in [7, 11) is 0. The normalized spacial score (nSPS) is 12.8. The maximum atomic E-state index is 14.0. The van der Waals surface area contributed by atoms with Gasteiger partial charge in [-0.25, -0.2) is 14.1 Å². The number of nitrogens with zero attached hydrogens (tertiary/aromatic N) is 3. The molecule has 0 N–H and O–H groups in total. The van der Waals surface area contributed by atoms with Gasteiger partial charge in [0.1, 0.15) is 12.6 Å². The second kappa shape index (κ2) is 6.98. The molecule has 0 unspecified atom stereocenters. The van der Waals surface area contributed by atoms with E-state index in [0.29, 0.717) is 29.5 Å². The number of aldehydes is 1. The highest BCUT2D eigenvalue weighted by Gasteiger charge is 2.73. The van der Waals surface area contributed by atoms with Gasteiger partial charge in [-0.2, -0.15) is 26.3 Å². The molecule has 0 atom stereocenters. The van der Waals surface area contributed by atoms with Crippen LogP contribution in [0.15, 0.2) is 54.9 Å². The predicted molar refractivity (Wildman–Crippen MR) is 87.1 cm³/mol. The largest absolute Gasteiger partial charge is 0.435 e. The number of benzene rings is 2. The minimum absolute atomic E-state index is 0.0729. The van der Waals surface area contributed by atoms with Crippen LogP contribution < -0.4 is 0 Å². The zero-order valence-corrected chi connectivity index (χ0v) is 14.2. The van der Waals surface area contributed by atoms with Crippen molar-refractivity contribution in [3.05, 3.63) is 66.0 Å². The summed E-state index contributed by atoms with van der Waals surface area (Å²) >= 11 is 0. The lowest BCUT2D eigenvalue weighted by atomic mass is 9.94. The molecule has 4 nitrogen and oxygen atoms in total. The Morgan fingerprint density at radius 2 is 1.34 bits per heavy atom. The first-order valence-corrected chi connectivity index (χ1v) is 7.88. The van der Waals surface area contributed by atoms with Gasteiger partial charge in [-0.1, -0.05) is 36.4 Å².